The van der Waals surface area contributed by atoms with E-state index in [1.54, 1.807) is 0 Å². The molecular formula is C20H22N4O3. The predicted molar refractivity (Wildman–Crippen MR) is 103 cm³/mol. The Morgan fingerprint density at radius 3 is 2.44 bits per heavy atom. The van der Waals surface area contributed by atoms with Gasteiger partial charge in [0.15, 0.2) is 0 Å². The van der Waals surface area contributed by atoms with Gasteiger partial charge in [0, 0.05) is 23.5 Å². The number of nitrogens with one attached hydrogen (secondary N) is 3. The number of fused-ring (bicyclic) bond motifs is 1. The Labute approximate surface area is 156 Å². The molecule has 0 saturated carbocycles. The minimum absolute atomic E-state index is 0.258. The number of hydrogen-bond acceptors (Lipinski definition) is 3. The van der Waals surface area contributed by atoms with Crippen molar-refractivity contribution in [3.63, 3.8) is 0 Å². The minimum atomic E-state index is -0.862. The molecule has 1 heterocycles. The minimum Gasteiger partial charge on any atom is -0.394 e. The zero-order valence-corrected chi connectivity index (χ0v) is 14.7. The molecule has 0 fully saturated rings. The summed E-state index contributed by atoms with van der Waals surface area (Å²) in [5.74, 6) is -0.415. The molecule has 6 N–H and O–H groups in total. The normalized spacial score (nSPS) is 13.1. The molecule has 0 spiro atoms. The zero-order valence-electron chi connectivity index (χ0n) is 14.7. The quantitative estimate of drug-likeness (QED) is 0.437. The number of urea groups is 1. The number of aliphatic hydroxyl groups is 1. The van der Waals surface area contributed by atoms with E-state index in [-0.39, 0.29) is 13.0 Å². The van der Waals surface area contributed by atoms with E-state index in [1.807, 2.05) is 60.8 Å². The summed E-state index contributed by atoms with van der Waals surface area (Å²) in [6.45, 7) is -0.258. The van der Waals surface area contributed by atoms with Crippen molar-refractivity contribution >= 4 is 22.8 Å². The number of H-pyrrole nitrogens is 1. The summed E-state index contributed by atoms with van der Waals surface area (Å²) in [5.41, 5.74) is 7.87. The van der Waals surface area contributed by atoms with Crippen molar-refractivity contribution in [3.8, 4) is 0 Å². The van der Waals surface area contributed by atoms with E-state index in [1.165, 1.54) is 0 Å². The smallest absolute Gasteiger partial charge is 0.312 e. The molecule has 140 valence electrons. The van der Waals surface area contributed by atoms with E-state index in [0.717, 1.165) is 22.0 Å². The second-order valence-electron chi connectivity index (χ2n) is 6.28. The monoisotopic (exact) mass is 366 g/mol. The fourth-order valence-electron chi connectivity index (χ4n) is 3.09. The number of amides is 3. The van der Waals surface area contributed by atoms with Crippen LogP contribution in [0.15, 0.2) is 60.8 Å². The van der Waals surface area contributed by atoms with E-state index >= 15 is 0 Å². The van der Waals surface area contributed by atoms with Crippen molar-refractivity contribution in [2.24, 2.45) is 5.73 Å². The number of benzene rings is 2. The lowest BCUT2D eigenvalue weighted by Crippen LogP contribution is -2.50. The first-order valence-corrected chi connectivity index (χ1v) is 8.65. The molecule has 7 nitrogen and oxygen atoms in total. The topological polar surface area (TPSA) is 120 Å². The lowest BCUT2D eigenvalue weighted by molar-refractivity contribution is -0.124. The van der Waals surface area contributed by atoms with Gasteiger partial charge < -0.3 is 26.5 Å². The van der Waals surface area contributed by atoms with E-state index in [2.05, 4.69) is 15.6 Å². The number of aromatic amines is 1. The number of aliphatic hydroxyl groups excluding tert-OH is 1. The van der Waals surface area contributed by atoms with Crippen LogP contribution in [0.1, 0.15) is 17.2 Å². The maximum absolute atomic E-state index is 12.8. The van der Waals surface area contributed by atoms with Crippen LogP contribution in [0.5, 0.6) is 0 Å². The molecule has 2 atom stereocenters. The molecule has 3 aromatic rings. The molecule has 3 rings (SSSR count). The van der Waals surface area contributed by atoms with Crippen LogP contribution in [0, 0.1) is 0 Å². The lowest BCUT2D eigenvalue weighted by atomic mass is 10.0. The zero-order chi connectivity index (χ0) is 19.2. The number of carbonyl (C=O) groups excluding carboxylic acids is 2. The number of nitrogens with two attached hydrogens (primary N) is 1. The number of para-hydroxylation sites is 1. The summed E-state index contributed by atoms with van der Waals surface area (Å²) in [7, 11) is 0. The van der Waals surface area contributed by atoms with E-state index in [0.29, 0.717) is 0 Å². The van der Waals surface area contributed by atoms with Crippen LogP contribution in [0.3, 0.4) is 0 Å². The Balaban J connectivity index is 1.79. The van der Waals surface area contributed by atoms with Crippen LogP contribution in [0.2, 0.25) is 0 Å². The Hall–Kier alpha value is -3.32. The van der Waals surface area contributed by atoms with E-state index in [9.17, 15) is 14.7 Å². The standard InChI is InChI=1S/C20H22N4O3/c21-20(27)24-17(10-14-11-22-16-9-5-4-8-15(14)16)19(26)23-18(12-25)13-6-2-1-3-7-13/h1-9,11,17-18,22,25H,10,12H2,(H,23,26)(H3,21,24,27)/t17?,18-/m1/s1. The Kier molecular flexibility index (Phi) is 5.73. The van der Waals surface area contributed by atoms with Crippen LogP contribution in [-0.4, -0.2) is 34.7 Å². The molecule has 27 heavy (non-hydrogen) atoms. The molecule has 0 aliphatic heterocycles. The number of primary amides is 1. The Morgan fingerprint density at radius 1 is 1.04 bits per heavy atom. The molecule has 0 aliphatic carbocycles. The first-order chi connectivity index (χ1) is 13.1. The van der Waals surface area contributed by atoms with Crippen molar-refractivity contribution in [1.29, 1.82) is 0 Å². The number of rotatable bonds is 7. The number of hydrogen-bond donors (Lipinski definition) is 5. The average Bonchev–Trinajstić information content (AvgIpc) is 3.09. The first-order valence-electron chi connectivity index (χ1n) is 8.65. The van der Waals surface area contributed by atoms with Gasteiger partial charge in [-0.15, -0.1) is 0 Å². The molecular weight excluding hydrogens is 344 g/mol. The fourth-order valence-corrected chi connectivity index (χ4v) is 3.09. The largest absolute Gasteiger partial charge is 0.394 e. The van der Waals surface area contributed by atoms with Gasteiger partial charge in [-0.2, -0.15) is 0 Å². The van der Waals surface area contributed by atoms with Gasteiger partial charge in [0.05, 0.1) is 12.6 Å². The molecule has 7 heteroatoms. The van der Waals surface area contributed by atoms with Crippen molar-refractivity contribution in [2.75, 3.05) is 6.61 Å². The molecule has 0 saturated heterocycles. The van der Waals surface area contributed by atoms with Gasteiger partial charge in [-0.1, -0.05) is 48.5 Å². The van der Waals surface area contributed by atoms with Crippen molar-refractivity contribution < 1.29 is 14.7 Å². The third-order valence-corrected chi connectivity index (χ3v) is 4.43. The molecule has 3 amide bonds. The van der Waals surface area contributed by atoms with Crippen LogP contribution in [0.4, 0.5) is 4.79 Å². The predicted octanol–water partition coefficient (Wildman–Crippen LogP) is 1.60. The fraction of sp³-hybridized carbons (Fsp3) is 0.200. The Morgan fingerprint density at radius 2 is 1.74 bits per heavy atom. The second kappa shape index (κ2) is 8.37. The third kappa shape index (κ3) is 4.45. The molecule has 1 aromatic heterocycles. The summed E-state index contributed by atoms with van der Waals surface area (Å²) in [6.07, 6.45) is 2.08. The molecule has 2 aromatic carbocycles. The van der Waals surface area contributed by atoms with Gasteiger partial charge in [0.25, 0.3) is 0 Å². The molecule has 0 radical (unpaired) electrons. The van der Waals surface area contributed by atoms with Gasteiger partial charge in [-0.3, -0.25) is 4.79 Å². The first kappa shape index (κ1) is 18.5. The highest BCUT2D eigenvalue weighted by Gasteiger charge is 2.24. The van der Waals surface area contributed by atoms with Crippen molar-refractivity contribution in [1.82, 2.24) is 15.6 Å². The van der Waals surface area contributed by atoms with Crippen LogP contribution >= 0.6 is 0 Å². The van der Waals surface area contributed by atoms with Crippen molar-refractivity contribution in [3.05, 3.63) is 71.9 Å². The maximum atomic E-state index is 12.8. The summed E-state index contributed by atoms with van der Waals surface area (Å²) in [5, 5.41) is 15.9. The summed E-state index contributed by atoms with van der Waals surface area (Å²) in [4.78, 5) is 27.3. The van der Waals surface area contributed by atoms with E-state index < -0.39 is 24.0 Å². The number of carbonyl (C=O) groups is 2. The van der Waals surface area contributed by atoms with Gasteiger partial charge in [-0.25, -0.2) is 4.79 Å². The molecule has 0 bridgehead atoms. The van der Waals surface area contributed by atoms with Gasteiger partial charge in [-0.05, 0) is 17.2 Å². The van der Waals surface area contributed by atoms with Gasteiger partial charge in [0.2, 0.25) is 5.91 Å². The molecule has 0 aliphatic rings. The van der Waals surface area contributed by atoms with Crippen molar-refractivity contribution in [2.45, 2.75) is 18.5 Å². The van der Waals surface area contributed by atoms with Crippen LogP contribution in [0.25, 0.3) is 10.9 Å². The van der Waals surface area contributed by atoms with Crippen LogP contribution in [-0.2, 0) is 11.2 Å². The van der Waals surface area contributed by atoms with Crippen LogP contribution < -0.4 is 16.4 Å². The highest BCUT2D eigenvalue weighted by Crippen LogP contribution is 2.19. The van der Waals surface area contributed by atoms with Gasteiger partial charge in [0.1, 0.15) is 6.04 Å². The highest BCUT2D eigenvalue weighted by atomic mass is 16.3. The summed E-state index contributed by atoms with van der Waals surface area (Å²) in [6, 6.07) is 14.6. The summed E-state index contributed by atoms with van der Waals surface area (Å²) < 4.78 is 0. The summed E-state index contributed by atoms with van der Waals surface area (Å²) >= 11 is 0. The SMILES string of the molecule is NC(=O)NC(Cc1c[nH]c2ccccc12)C(=O)N[C@H](CO)c1ccccc1. The average molecular weight is 366 g/mol. The highest BCUT2D eigenvalue weighted by molar-refractivity contribution is 5.89. The third-order valence-electron chi connectivity index (χ3n) is 4.43. The second-order valence-corrected chi connectivity index (χ2v) is 6.28. The maximum Gasteiger partial charge on any atom is 0.312 e. The Bertz CT molecular complexity index is 923. The van der Waals surface area contributed by atoms with E-state index in [4.69, 9.17) is 5.73 Å². The molecule has 1 unspecified atom stereocenters. The lowest BCUT2D eigenvalue weighted by Gasteiger charge is -2.22. The van der Waals surface area contributed by atoms with Gasteiger partial charge >= 0.3 is 6.03 Å². The number of aromatic nitrogens is 1.